The topological polar surface area (TPSA) is 85.9 Å². The van der Waals surface area contributed by atoms with Gasteiger partial charge in [-0.1, -0.05) is 19.1 Å². The molecule has 1 aromatic carbocycles. The van der Waals surface area contributed by atoms with E-state index in [2.05, 4.69) is 22.3 Å². The highest BCUT2D eigenvalue weighted by atomic mass is 16.6. The number of non-ortho nitro benzene ring substituents is 1. The van der Waals surface area contributed by atoms with E-state index in [1.807, 2.05) is 0 Å². The molecule has 0 spiro atoms. The van der Waals surface area contributed by atoms with E-state index in [1.165, 1.54) is 12.1 Å². The predicted molar refractivity (Wildman–Crippen MR) is 79.9 cm³/mol. The average Bonchev–Trinajstić information content (AvgIpc) is 2.96. The molecule has 0 atom stereocenters. The summed E-state index contributed by atoms with van der Waals surface area (Å²) in [7, 11) is 0. The summed E-state index contributed by atoms with van der Waals surface area (Å²) in [5, 5.41) is 18.5. The van der Waals surface area contributed by atoms with Crippen molar-refractivity contribution in [3.05, 3.63) is 40.7 Å². The summed E-state index contributed by atoms with van der Waals surface area (Å²) in [5.41, 5.74) is 0.708. The van der Waals surface area contributed by atoms with Gasteiger partial charge in [0, 0.05) is 24.2 Å². The van der Waals surface area contributed by atoms with Gasteiger partial charge in [0.1, 0.15) is 6.33 Å². The Kier molecular flexibility index (Phi) is 5.39. The summed E-state index contributed by atoms with van der Waals surface area (Å²) in [6.07, 6.45) is 3.76. The molecule has 112 valence electrons. The van der Waals surface area contributed by atoms with Crippen LogP contribution in [0.15, 0.2) is 30.6 Å². The average molecular weight is 289 g/mol. The highest BCUT2D eigenvalue weighted by Crippen LogP contribution is 2.20. The molecule has 2 rings (SSSR count). The molecule has 2 aromatic rings. The highest BCUT2D eigenvalue weighted by molar-refractivity contribution is 5.58. The maximum Gasteiger partial charge on any atom is 0.270 e. The molecule has 0 amide bonds. The third kappa shape index (κ3) is 4.35. The van der Waals surface area contributed by atoms with E-state index in [0.717, 1.165) is 32.5 Å². The molecule has 7 heteroatoms. The van der Waals surface area contributed by atoms with Gasteiger partial charge < -0.3 is 5.32 Å². The van der Waals surface area contributed by atoms with Gasteiger partial charge in [0.2, 0.25) is 0 Å². The first-order valence-corrected chi connectivity index (χ1v) is 7.05. The maximum absolute atomic E-state index is 10.8. The summed E-state index contributed by atoms with van der Waals surface area (Å²) in [6.45, 7) is 4.88. The van der Waals surface area contributed by atoms with Crippen molar-refractivity contribution in [1.82, 2.24) is 20.1 Å². The van der Waals surface area contributed by atoms with Crippen LogP contribution in [0.5, 0.6) is 0 Å². The van der Waals surface area contributed by atoms with Crippen LogP contribution in [0.25, 0.3) is 11.4 Å². The number of hydrogen-bond acceptors (Lipinski definition) is 5. The van der Waals surface area contributed by atoms with Crippen molar-refractivity contribution in [2.24, 2.45) is 0 Å². The van der Waals surface area contributed by atoms with E-state index in [9.17, 15) is 10.1 Å². The van der Waals surface area contributed by atoms with Crippen LogP contribution in [0.3, 0.4) is 0 Å². The fourth-order valence-electron chi connectivity index (χ4n) is 1.96. The first-order valence-electron chi connectivity index (χ1n) is 7.05. The minimum atomic E-state index is -0.417. The Labute approximate surface area is 123 Å². The molecule has 1 N–H and O–H groups in total. The smallest absolute Gasteiger partial charge is 0.270 e. The Bertz CT molecular complexity index is 597. The second-order valence-electron chi connectivity index (χ2n) is 4.74. The van der Waals surface area contributed by atoms with Gasteiger partial charge >= 0.3 is 0 Å². The van der Waals surface area contributed by atoms with Gasteiger partial charge in [0.05, 0.1) is 4.92 Å². The fourth-order valence-corrected chi connectivity index (χ4v) is 1.96. The van der Waals surface area contributed by atoms with Crippen molar-refractivity contribution in [1.29, 1.82) is 0 Å². The van der Waals surface area contributed by atoms with Crippen LogP contribution in [0.2, 0.25) is 0 Å². The number of nitro benzene ring substituents is 1. The Morgan fingerprint density at radius 2 is 2.24 bits per heavy atom. The molecule has 7 nitrogen and oxygen atoms in total. The largest absolute Gasteiger partial charge is 0.317 e. The van der Waals surface area contributed by atoms with Gasteiger partial charge in [0.25, 0.3) is 5.69 Å². The number of nitro groups is 1. The number of nitrogens with zero attached hydrogens (tertiary/aromatic N) is 4. The van der Waals surface area contributed by atoms with Crippen LogP contribution in [-0.2, 0) is 6.54 Å². The molecule has 0 aliphatic carbocycles. The number of rotatable bonds is 8. The zero-order valence-electron chi connectivity index (χ0n) is 12.0. The van der Waals surface area contributed by atoms with E-state index >= 15 is 0 Å². The summed E-state index contributed by atoms with van der Waals surface area (Å²) >= 11 is 0. The molecule has 0 unspecified atom stereocenters. The van der Waals surface area contributed by atoms with Crippen molar-refractivity contribution in [3.8, 4) is 11.4 Å². The van der Waals surface area contributed by atoms with Crippen molar-refractivity contribution in [2.45, 2.75) is 26.3 Å². The van der Waals surface area contributed by atoms with E-state index in [4.69, 9.17) is 0 Å². The Hall–Kier alpha value is -2.28. The molecule has 0 aliphatic heterocycles. The van der Waals surface area contributed by atoms with Crippen molar-refractivity contribution >= 4 is 5.69 Å². The highest BCUT2D eigenvalue weighted by Gasteiger charge is 2.10. The predicted octanol–water partition coefficient (Wildman–Crippen LogP) is 2.24. The lowest BCUT2D eigenvalue weighted by Crippen LogP contribution is -2.17. The molecule has 0 radical (unpaired) electrons. The van der Waals surface area contributed by atoms with Crippen LogP contribution in [0.4, 0.5) is 5.69 Å². The quantitative estimate of drug-likeness (QED) is 0.457. The summed E-state index contributed by atoms with van der Waals surface area (Å²) in [5.74, 6) is 0.514. The van der Waals surface area contributed by atoms with Crippen LogP contribution in [0, 0.1) is 10.1 Å². The Morgan fingerprint density at radius 3 is 3.00 bits per heavy atom. The second kappa shape index (κ2) is 7.49. The van der Waals surface area contributed by atoms with Gasteiger partial charge in [-0.05, 0) is 25.9 Å². The van der Waals surface area contributed by atoms with E-state index in [-0.39, 0.29) is 5.69 Å². The molecule has 0 aliphatic rings. The minimum Gasteiger partial charge on any atom is -0.317 e. The Balaban J connectivity index is 1.96. The van der Waals surface area contributed by atoms with E-state index < -0.39 is 4.92 Å². The monoisotopic (exact) mass is 289 g/mol. The number of nitrogens with one attached hydrogen (secondary N) is 1. The van der Waals surface area contributed by atoms with Crippen LogP contribution < -0.4 is 5.32 Å². The zero-order valence-corrected chi connectivity index (χ0v) is 12.0. The normalized spacial score (nSPS) is 10.7. The van der Waals surface area contributed by atoms with Crippen molar-refractivity contribution < 1.29 is 4.92 Å². The molecule has 1 aromatic heterocycles. The van der Waals surface area contributed by atoms with Gasteiger partial charge in [0.15, 0.2) is 5.82 Å². The van der Waals surface area contributed by atoms with Gasteiger partial charge in [-0.3, -0.25) is 14.8 Å². The first kappa shape index (κ1) is 15.1. The van der Waals surface area contributed by atoms with Crippen molar-refractivity contribution in [2.75, 3.05) is 13.1 Å². The van der Waals surface area contributed by atoms with Gasteiger partial charge in [-0.25, -0.2) is 4.98 Å². The third-order valence-corrected chi connectivity index (χ3v) is 3.02. The van der Waals surface area contributed by atoms with Crippen LogP contribution in [0.1, 0.15) is 19.8 Å². The summed E-state index contributed by atoms with van der Waals surface area (Å²) in [4.78, 5) is 14.6. The molecular formula is C14H19N5O2. The molecule has 0 saturated heterocycles. The SMILES string of the molecule is CCCNCCCn1cnc(-c2cccc([N+](=O)[O-])c2)n1. The lowest BCUT2D eigenvalue weighted by atomic mass is 10.2. The summed E-state index contributed by atoms with van der Waals surface area (Å²) in [6, 6.07) is 6.36. The maximum atomic E-state index is 10.8. The molecule has 0 saturated carbocycles. The third-order valence-electron chi connectivity index (χ3n) is 3.02. The number of aryl methyl sites for hydroxylation is 1. The van der Waals surface area contributed by atoms with Crippen LogP contribution in [-0.4, -0.2) is 32.8 Å². The lowest BCUT2D eigenvalue weighted by Gasteiger charge is -2.02. The molecule has 1 heterocycles. The second-order valence-corrected chi connectivity index (χ2v) is 4.74. The molecule has 0 fully saturated rings. The van der Waals surface area contributed by atoms with Crippen LogP contribution >= 0.6 is 0 Å². The van der Waals surface area contributed by atoms with E-state index in [1.54, 1.807) is 23.1 Å². The Morgan fingerprint density at radius 1 is 1.38 bits per heavy atom. The van der Waals surface area contributed by atoms with Gasteiger partial charge in [-0.15, -0.1) is 0 Å². The van der Waals surface area contributed by atoms with Crippen molar-refractivity contribution in [3.63, 3.8) is 0 Å². The molecular weight excluding hydrogens is 270 g/mol. The number of benzene rings is 1. The fraction of sp³-hybridized carbons (Fsp3) is 0.429. The van der Waals surface area contributed by atoms with Gasteiger partial charge in [-0.2, -0.15) is 5.10 Å². The van der Waals surface area contributed by atoms with E-state index in [0.29, 0.717) is 11.4 Å². The molecule has 21 heavy (non-hydrogen) atoms. The minimum absolute atomic E-state index is 0.0487. The standard InChI is InChI=1S/C14H19N5O2/c1-2-7-15-8-4-9-18-11-16-14(17-18)12-5-3-6-13(10-12)19(20)21/h3,5-6,10-11,15H,2,4,7-9H2,1H3. The lowest BCUT2D eigenvalue weighted by molar-refractivity contribution is -0.384. The molecule has 0 bridgehead atoms. The first-order chi connectivity index (χ1) is 10.2. The number of aromatic nitrogens is 3. The number of hydrogen-bond donors (Lipinski definition) is 1. The summed E-state index contributed by atoms with van der Waals surface area (Å²) < 4.78 is 1.77. The zero-order chi connectivity index (χ0) is 15.1.